The summed E-state index contributed by atoms with van der Waals surface area (Å²) in [5, 5.41) is 20.7. The number of hydrogen-bond acceptors (Lipinski definition) is 10. The third-order valence-corrected chi connectivity index (χ3v) is 4.65. The van der Waals surface area contributed by atoms with Crippen molar-refractivity contribution < 1.29 is 22.4 Å². The quantitative estimate of drug-likeness (QED) is 0.117. The van der Waals surface area contributed by atoms with Crippen molar-refractivity contribution in [2.45, 2.75) is 0 Å². The molecule has 2 aromatic carbocycles. The summed E-state index contributed by atoms with van der Waals surface area (Å²) in [5.41, 5.74) is 7.50. The van der Waals surface area contributed by atoms with E-state index in [-0.39, 0.29) is 6.54 Å². The Balaban J connectivity index is 2.28. The van der Waals surface area contributed by atoms with E-state index in [0.717, 1.165) is 11.1 Å². The molecule has 0 fully saturated rings. The van der Waals surface area contributed by atoms with Crippen molar-refractivity contribution in [3.8, 4) is 28.8 Å². The second-order valence-corrected chi connectivity index (χ2v) is 7.46. The lowest BCUT2D eigenvalue weighted by Gasteiger charge is -2.21. The topological polar surface area (TPSA) is 161 Å². The molecule has 0 spiro atoms. The second-order valence-electron chi connectivity index (χ2n) is 5.89. The molecular weight excluding hydrogens is 426 g/mol. The van der Waals surface area contributed by atoms with Crippen LogP contribution in [0.25, 0.3) is 11.1 Å². The lowest BCUT2D eigenvalue weighted by Crippen LogP contribution is -2.29. The summed E-state index contributed by atoms with van der Waals surface area (Å²) < 4.78 is 41.6. The number of rotatable bonds is 11. The SMILES string of the molecule is C=NN(CCS(=O)(=O)O)Nc1ccc(-c2ccc(N=NNC#N)c(OC)c2)cc1OC. The fourth-order valence-corrected chi connectivity index (χ4v) is 2.91. The standard InChI is InChI=1S/C18H21N7O5S/c1-20-25(8-9-31(26,27)28)23-16-7-5-14(11-18(16)30-3)13-4-6-15(17(10-13)29-2)22-24-21-12-19/h4-7,10-11,23H,1,8-9H2,2-3H3,(H,21,22)(H,26,27,28). The maximum absolute atomic E-state index is 11.0. The molecule has 0 atom stereocenters. The van der Waals surface area contributed by atoms with Gasteiger partial charge in [0, 0.05) is 6.72 Å². The van der Waals surface area contributed by atoms with E-state index in [0.29, 0.717) is 22.9 Å². The third kappa shape index (κ3) is 6.84. The number of ether oxygens (including phenoxy) is 2. The molecule has 0 aliphatic carbocycles. The fourth-order valence-electron chi connectivity index (χ4n) is 2.51. The number of anilines is 1. The van der Waals surface area contributed by atoms with Gasteiger partial charge in [-0.1, -0.05) is 17.4 Å². The summed E-state index contributed by atoms with van der Waals surface area (Å²) in [6.45, 7) is 3.25. The van der Waals surface area contributed by atoms with E-state index in [2.05, 4.69) is 33.0 Å². The van der Waals surface area contributed by atoms with Crippen molar-refractivity contribution in [3.05, 3.63) is 36.4 Å². The summed E-state index contributed by atoms with van der Waals surface area (Å²) >= 11 is 0. The molecule has 31 heavy (non-hydrogen) atoms. The predicted octanol–water partition coefficient (Wildman–Crippen LogP) is 2.57. The van der Waals surface area contributed by atoms with Gasteiger partial charge < -0.3 is 9.47 Å². The van der Waals surface area contributed by atoms with Gasteiger partial charge in [-0.05, 0) is 35.4 Å². The average Bonchev–Trinajstić information content (AvgIpc) is 2.76. The van der Waals surface area contributed by atoms with Crippen LogP contribution in [0.4, 0.5) is 11.4 Å². The highest BCUT2D eigenvalue weighted by atomic mass is 32.2. The summed E-state index contributed by atoms with van der Waals surface area (Å²) in [7, 11) is -1.16. The number of nitrogens with zero attached hydrogens (tertiary/aromatic N) is 5. The summed E-state index contributed by atoms with van der Waals surface area (Å²) in [5.74, 6) is 0.389. The van der Waals surface area contributed by atoms with Gasteiger partial charge in [0.1, 0.15) is 17.2 Å². The molecule has 0 bridgehead atoms. The minimum absolute atomic E-state index is 0.124. The van der Waals surface area contributed by atoms with E-state index in [4.69, 9.17) is 19.3 Å². The first kappa shape index (κ1) is 23.4. The van der Waals surface area contributed by atoms with Gasteiger partial charge in [-0.3, -0.25) is 9.98 Å². The predicted molar refractivity (Wildman–Crippen MR) is 115 cm³/mol. The zero-order valence-corrected chi connectivity index (χ0v) is 17.6. The van der Waals surface area contributed by atoms with Crippen LogP contribution in [0.2, 0.25) is 0 Å². The first-order valence-electron chi connectivity index (χ1n) is 8.68. The molecule has 12 nitrogen and oxygen atoms in total. The second kappa shape index (κ2) is 10.8. The van der Waals surface area contributed by atoms with E-state index in [1.54, 1.807) is 36.5 Å². The number of methoxy groups -OCH3 is 2. The Hall–Kier alpha value is -3.89. The molecule has 0 heterocycles. The summed E-state index contributed by atoms with van der Waals surface area (Å²) in [4.78, 5) is 0. The average molecular weight is 447 g/mol. The van der Waals surface area contributed by atoms with Crippen molar-refractivity contribution >= 4 is 28.2 Å². The maximum Gasteiger partial charge on any atom is 0.266 e. The van der Waals surface area contributed by atoms with Gasteiger partial charge in [0.15, 0.2) is 6.19 Å². The van der Waals surface area contributed by atoms with Crippen LogP contribution in [0.3, 0.4) is 0 Å². The van der Waals surface area contributed by atoms with Crippen LogP contribution in [0, 0.1) is 11.5 Å². The van der Waals surface area contributed by atoms with Crippen LogP contribution in [0.15, 0.2) is 51.8 Å². The molecule has 164 valence electrons. The van der Waals surface area contributed by atoms with Gasteiger partial charge in [-0.25, -0.2) is 5.12 Å². The van der Waals surface area contributed by atoms with Crippen molar-refractivity contribution in [1.82, 2.24) is 10.5 Å². The van der Waals surface area contributed by atoms with E-state index in [1.807, 2.05) is 6.07 Å². The number of hydrazine groups is 1. The largest absolute Gasteiger partial charge is 0.494 e. The number of benzene rings is 2. The molecule has 2 rings (SSSR count). The third-order valence-electron chi connectivity index (χ3n) is 3.95. The Morgan fingerprint density at radius 2 is 1.81 bits per heavy atom. The van der Waals surface area contributed by atoms with E-state index >= 15 is 0 Å². The first-order chi connectivity index (χ1) is 14.8. The van der Waals surface area contributed by atoms with Crippen LogP contribution < -0.4 is 20.3 Å². The Kier molecular flexibility index (Phi) is 8.12. The minimum atomic E-state index is -4.14. The molecule has 0 aliphatic rings. The number of nitrogens with one attached hydrogen (secondary N) is 2. The Morgan fingerprint density at radius 3 is 2.39 bits per heavy atom. The molecule has 0 radical (unpaired) electrons. The monoisotopic (exact) mass is 447 g/mol. The van der Waals surface area contributed by atoms with Crippen molar-refractivity contribution in [2.24, 2.45) is 15.4 Å². The number of hydrazone groups is 1. The molecule has 0 amide bonds. The molecule has 3 N–H and O–H groups in total. The van der Waals surface area contributed by atoms with Gasteiger partial charge in [-0.15, -0.1) is 5.11 Å². The Bertz CT molecular complexity index is 1100. The molecule has 2 aromatic rings. The van der Waals surface area contributed by atoms with E-state index in [9.17, 15) is 8.42 Å². The Morgan fingerprint density at radius 1 is 1.16 bits per heavy atom. The van der Waals surface area contributed by atoms with Crippen molar-refractivity contribution in [2.75, 3.05) is 31.9 Å². The summed E-state index contributed by atoms with van der Waals surface area (Å²) in [6.07, 6.45) is 1.64. The smallest absolute Gasteiger partial charge is 0.266 e. The van der Waals surface area contributed by atoms with Gasteiger partial charge in [0.25, 0.3) is 10.1 Å². The summed E-state index contributed by atoms with van der Waals surface area (Å²) in [6, 6.07) is 10.5. The molecule has 0 unspecified atom stereocenters. The van der Waals surface area contributed by atoms with Crippen LogP contribution in [0.5, 0.6) is 11.5 Å². The first-order valence-corrected chi connectivity index (χ1v) is 10.3. The minimum Gasteiger partial charge on any atom is -0.494 e. The molecular formula is C18H21N7O5S. The lowest BCUT2D eigenvalue weighted by atomic mass is 10.0. The normalized spacial score (nSPS) is 10.9. The van der Waals surface area contributed by atoms with Gasteiger partial charge in [0.2, 0.25) is 0 Å². The van der Waals surface area contributed by atoms with E-state index in [1.165, 1.54) is 19.3 Å². The number of nitriles is 1. The van der Waals surface area contributed by atoms with Crippen LogP contribution in [0.1, 0.15) is 0 Å². The van der Waals surface area contributed by atoms with Gasteiger partial charge in [-0.2, -0.15) is 24.2 Å². The number of hydrogen-bond donors (Lipinski definition) is 3. The molecule has 0 saturated carbocycles. The van der Waals surface area contributed by atoms with Gasteiger partial charge >= 0.3 is 0 Å². The zero-order valence-electron chi connectivity index (χ0n) is 16.8. The van der Waals surface area contributed by atoms with Crippen LogP contribution >= 0.6 is 0 Å². The Labute approximate surface area is 179 Å². The molecule has 0 aliphatic heterocycles. The van der Waals surface area contributed by atoms with E-state index < -0.39 is 15.9 Å². The van der Waals surface area contributed by atoms with Crippen molar-refractivity contribution in [3.63, 3.8) is 0 Å². The lowest BCUT2D eigenvalue weighted by molar-refractivity contribution is 0.359. The highest BCUT2D eigenvalue weighted by Gasteiger charge is 2.13. The zero-order chi connectivity index (χ0) is 22.9. The maximum atomic E-state index is 11.0. The highest BCUT2D eigenvalue weighted by molar-refractivity contribution is 7.85. The van der Waals surface area contributed by atoms with Crippen LogP contribution in [-0.2, 0) is 10.1 Å². The highest BCUT2D eigenvalue weighted by Crippen LogP contribution is 2.36. The molecule has 0 saturated heterocycles. The van der Waals surface area contributed by atoms with Crippen LogP contribution in [-0.4, -0.2) is 51.3 Å². The van der Waals surface area contributed by atoms with Crippen molar-refractivity contribution in [1.29, 1.82) is 5.26 Å². The van der Waals surface area contributed by atoms with Gasteiger partial charge in [0.05, 0.1) is 32.2 Å². The molecule has 13 heteroatoms. The molecule has 0 aromatic heterocycles. The fraction of sp³-hybridized carbons (Fsp3) is 0.222.